The molecule has 0 bridgehead atoms. The van der Waals surface area contributed by atoms with Gasteiger partial charge in [-0.1, -0.05) is 43.2 Å². The van der Waals surface area contributed by atoms with E-state index in [0.717, 1.165) is 31.2 Å². The predicted octanol–water partition coefficient (Wildman–Crippen LogP) is 2.95. The molecule has 1 N–H and O–H groups in total. The van der Waals surface area contributed by atoms with Crippen molar-refractivity contribution in [1.82, 2.24) is 4.90 Å². The Morgan fingerprint density at radius 3 is 2.75 bits per heavy atom. The lowest BCUT2D eigenvalue weighted by Gasteiger charge is -2.41. The largest absolute Gasteiger partial charge is 0.445 e. The van der Waals surface area contributed by atoms with Crippen LogP contribution in [0.3, 0.4) is 0 Å². The number of nitrogens with zero attached hydrogens (tertiary/aromatic N) is 1. The summed E-state index contributed by atoms with van der Waals surface area (Å²) in [5.41, 5.74) is 0.142. The minimum Gasteiger partial charge on any atom is -0.445 e. The standard InChI is InChI=1S/C16H23NO3/c1-16(19)11-7-6-10-14(16)17(2)15(18)20-12-13-8-4-3-5-9-13/h3-5,8-9,14,19H,6-7,10-12H2,1-2H3/t14-,16-/m1/s1. The number of ether oxygens (including phenoxy) is 1. The van der Waals surface area contributed by atoms with Crippen LogP contribution in [0.1, 0.15) is 38.2 Å². The van der Waals surface area contributed by atoms with Crippen molar-refractivity contribution in [2.75, 3.05) is 7.05 Å². The van der Waals surface area contributed by atoms with Crippen LogP contribution in [-0.4, -0.2) is 34.8 Å². The number of hydrogen-bond donors (Lipinski definition) is 1. The molecule has 4 nitrogen and oxygen atoms in total. The second-order valence-corrected chi connectivity index (χ2v) is 5.77. The van der Waals surface area contributed by atoms with Crippen molar-refractivity contribution in [3.05, 3.63) is 35.9 Å². The Bertz CT molecular complexity index is 444. The summed E-state index contributed by atoms with van der Waals surface area (Å²) < 4.78 is 5.31. The molecule has 20 heavy (non-hydrogen) atoms. The molecule has 0 aromatic heterocycles. The van der Waals surface area contributed by atoms with Crippen molar-refractivity contribution >= 4 is 6.09 Å². The summed E-state index contributed by atoms with van der Waals surface area (Å²) in [5, 5.41) is 10.4. The molecule has 110 valence electrons. The van der Waals surface area contributed by atoms with Gasteiger partial charge in [-0.05, 0) is 25.3 Å². The number of likely N-dealkylation sites (N-methyl/N-ethyl adjacent to an activating group) is 1. The Morgan fingerprint density at radius 2 is 2.10 bits per heavy atom. The fourth-order valence-corrected chi connectivity index (χ4v) is 2.86. The van der Waals surface area contributed by atoms with E-state index in [2.05, 4.69) is 0 Å². The van der Waals surface area contributed by atoms with E-state index in [1.165, 1.54) is 0 Å². The van der Waals surface area contributed by atoms with Crippen molar-refractivity contribution < 1.29 is 14.6 Å². The molecule has 0 radical (unpaired) electrons. The fourth-order valence-electron chi connectivity index (χ4n) is 2.86. The molecule has 1 fully saturated rings. The van der Waals surface area contributed by atoms with E-state index < -0.39 is 5.60 Å². The average molecular weight is 277 g/mol. The van der Waals surface area contributed by atoms with Crippen LogP contribution in [-0.2, 0) is 11.3 Å². The molecule has 1 amide bonds. The van der Waals surface area contributed by atoms with E-state index in [-0.39, 0.29) is 18.7 Å². The molecule has 1 aliphatic rings. The summed E-state index contributed by atoms with van der Waals surface area (Å²) in [7, 11) is 1.71. The number of aliphatic hydroxyl groups is 1. The molecular formula is C16H23NO3. The van der Waals surface area contributed by atoms with E-state index in [1.807, 2.05) is 30.3 Å². The van der Waals surface area contributed by atoms with Crippen LogP contribution in [0.2, 0.25) is 0 Å². The predicted molar refractivity (Wildman–Crippen MR) is 77.3 cm³/mol. The monoisotopic (exact) mass is 277 g/mol. The van der Waals surface area contributed by atoms with Gasteiger partial charge < -0.3 is 14.7 Å². The Labute approximate surface area is 120 Å². The summed E-state index contributed by atoms with van der Waals surface area (Å²) >= 11 is 0. The summed E-state index contributed by atoms with van der Waals surface area (Å²) in [6, 6.07) is 9.43. The van der Waals surface area contributed by atoms with Crippen LogP contribution in [0.5, 0.6) is 0 Å². The molecule has 0 unspecified atom stereocenters. The molecule has 0 saturated heterocycles. The summed E-state index contributed by atoms with van der Waals surface area (Å²) in [5.74, 6) is 0. The van der Waals surface area contributed by atoms with Gasteiger partial charge in [-0.3, -0.25) is 0 Å². The Hall–Kier alpha value is -1.55. The Balaban J connectivity index is 1.91. The number of hydrogen-bond acceptors (Lipinski definition) is 3. The van der Waals surface area contributed by atoms with Crippen molar-refractivity contribution in [3.63, 3.8) is 0 Å². The third-order valence-corrected chi connectivity index (χ3v) is 4.09. The van der Waals surface area contributed by atoms with E-state index in [9.17, 15) is 9.90 Å². The van der Waals surface area contributed by atoms with E-state index in [1.54, 1.807) is 18.9 Å². The van der Waals surface area contributed by atoms with Gasteiger partial charge in [-0.25, -0.2) is 4.79 Å². The van der Waals surface area contributed by atoms with Crippen molar-refractivity contribution in [1.29, 1.82) is 0 Å². The van der Waals surface area contributed by atoms with Gasteiger partial charge in [0.2, 0.25) is 0 Å². The molecule has 4 heteroatoms. The van der Waals surface area contributed by atoms with Crippen molar-refractivity contribution in [2.24, 2.45) is 0 Å². The number of carbonyl (C=O) groups is 1. The van der Waals surface area contributed by atoms with Crippen LogP contribution in [0.15, 0.2) is 30.3 Å². The maximum Gasteiger partial charge on any atom is 0.410 e. The SMILES string of the molecule is CN(C(=O)OCc1ccccc1)[C@@H]1CCCC[C@@]1(C)O. The zero-order valence-corrected chi connectivity index (χ0v) is 12.2. The molecule has 2 rings (SSSR count). The van der Waals surface area contributed by atoms with Crippen LogP contribution in [0.4, 0.5) is 4.79 Å². The molecule has 1 saturated carbocycles. The first-order valence-corrected chi connectivity index (χ1v) is 7.16. The Kier molecular flexibility index (Phi) is 4.65. The van der Waals surface area contributed by atoms with Gasteiger partial charge in [0.25, 0.3) is 0 Å². The van der Waals surface area contributed by atoms with E-state index in [4.69, 9.17) is 4.74 Å². The topological polar surface area (TPSA) is 49.8 Å². The van der Waals surface area contributed by atoms with Crippen LogP contribution in [0, 0.1) is 0 Å². The van der Waals surface area contributed by atoms with Gasteiger partial charge in [-0.2, -0.15) is 0 Å². The Morgan fingerprint density at radius 1 is 1.40 bits per heavy atom. The smallest absolute Gasteiger partial charge is 0.410 e. The molecule has 0 spiro atoms. The lowest BCUT2D eigenvalue weighted by atomic mass is 9.81. The van der Waals surface area contributed by atoms with Crippen LogP contribution < -0.4 is 0 Å². The average Bonchev–Trinajstić information content (AvgIpc) is 2.44. The zero-order chi connectivity index (χ0) is 14.6. The highest BCUT2D eigenvalue weighted by Gasteiger charge is 2.39. The first-order chi connectivity index (χ1) is 9.50. The zero-order valence-electron chi connectivity index (χ0n) is 12.2. The van der Waals surface area contributed by atoms with Crippen LogP contribution in [0.25, 0.3) is 0 Å². The fraction of sp³-hybridized carbons (Fsp3) is 0.562. The molecule has 1 aliphatic carbocycles. The second kappa shape index (κ2) is 6.27. The molecular weight excluding hydrogens is 254 g/mol. The normalized spacial score (nSPS) is 26.1. The van der Waals surface area contributed by atoms with E-state index >= 15 is 0 Å². The first kappa shape index (κ1) is 14.9. The van der Waals surface area contributed by atoms with Gasteiger partial charge in [0.15, 0.2) is 0 Å². The highest BCUT2D eigenvalue weighted by molar-refractivity contribution is 5.67. The number of amides is 1. The lowest BCUT2D eigenvalue weighted by molar-refractivity contribution is -0.0504. The van der Waals surface area contributed by atoms with Gasteiger partial charge in [0, 0.05) is 7.05 Å². The van der Waals surface area contributed by atoms with Gasteiger partial charge in [-0.15, -0.1) is 0 Å². The molecule has 2 atom stereocenters. The maximum atomic E-state index is 12.1. The highest BCUT2D eigenvalue weighted by atomic mass is 16.6. The van der Waals surface area contributed by atoms with Gasteiger partial charge in [0.1, 0.15) is 6.61 Å². The number of carbonyl (C=O) groups excluding carboxylic acids is 1. The molecule has 1 aromatic rings. The quantitative estimate of drug-likeness (QED) is 0.924. The minimum absolute atomic E-state index is 0.167. The summed E-state index contributed by atoms with van der Waals surface area (Å²) in [4.78, 5) is 13.6. The first-order valence-electron chi connectivity index (χ1n) is 7.16. The van der Waals surface area contributed by atoms with Gasteiger partial charge in [0.05, 0.1) is 11.6 Å². The van der Waals surface area contributed by atoms with Crippen molar-refractivity contribution in [2.45, 2.75) is 50.9 Å². The molecule has 1 aromatic carbocycles. The second-order valence-electron chi connectivity index (χ2n) is 5.77. The minimum atomic E-state index is -0.821. The third kappa shape index (κ3) is 3.51. The maximum absolute atomic E-state index is 12.1. The molecule has 0 heterocycles. The summed E-state index contributed by atoms with van der Waals surface area (Å²) in [6.07, 6.45) is 3.23. The van der Waals surface area contributed by atoms with Crippen LogP contribution >= 0.6 is 0 Å². The number of rotatable bonds is 3. The van der Waals surface area contributed by atoms with Gasteiger partial charge >= 0.3 is 6.09 Å². The molecule has 0 aliphatic heterocycles. The highest BCUT2D eigenvalue weighted by Crippen LogP contribution is 2.31. The summed E-state index contributed by atoms with van der Waals surface area (Å²) in [6.45, 7) is 2.07. The van der Waals surface area contributed by atoms with E-state index in [0.29, 0.717) is 0 Å². The van der Waals surface area contributed by atoms with Crippen molar-refractivity contribution in [3.8, 4) is 0 Å². The lowest BCUT2D eigenvalue weighted by Crippen LogP contribution is -2.53. The third-order valence-electron chi connectivity index (χ3n) is 4.09. The number of benzene rings is 1.